The molecular formula is C21H25FN2O3. The fourth-order valence-electron chi connectivity index (χ4n) is 6.49. The zero-order valence-electron chi connectivity index (χ0n) is 15.7. The number of anilines is 1. The van der Waals surface area contributed by atoms with E-state index < -0.39 is 29.1 Å². The van der Waals surface area contributed by atoms with Gasteiger partial charge in [0.15, 0.2) is 0 Å². The van der Waals surface area contributed by atoms with Crippen molar-refractivity contribution in [1.29, 1.82) is 0 Å². The number of para-hydroxylation sites is 1. The molecule has 2 saturated heterocycles. The van der Waals surface area contributed by atoms with E-state index in [0.29, 0.717) is 18.5 Å². The maximum absolute atomic E-state index is 15.6. The lowest BCUT2D eigenvalue weighted by Gasteiger charge is -2.58. The molecule has 5 atom stereocenters. The maximum Gasteiger partial charge on any atom is 0.335 e. The third kappa shape index (κ3) is 1.88. The topological polar surface area (TPSA) is 61.8 Å². The smallest absolute Gasteiger partial charge is 0.335 e. The fourth-order valence-corrected chi connectivity index (χ4v) is 6.49. The Morgan fingerprint density at radius 2 is 2.22 bits per heavy atom. The molecule has 5 rings (SSSR count). The quantitative estimate of drug-likeness (QED) is 0.781. The normalized spacial score (nSPS) is 39.5. The molecule has 1 aromatic rings. The van der Waals surface area contributed by atoms with Crippen LogP contribution in [0.4, 0.5) is 10.1 Å². The van der Waals surface area contributed by atoms with Crippen LogP contribution in [0.25, 0.3) is 0 Å². The number of hydrogen-bond acceptors (Lipinski definition) is 5. The van der Waals surface area contributed by atoms with Crippen LogP contribution in [-0.4, -0.2) is 54.5 Å². The van der Waals surface area contributed by atoms with Crippen molar-refractivity contribution in [3.63, 3.8) is 0 Å². The first-order valence-corrected chi connectivity index (χ1v) is 9.74. The van der Waals surface area contributed by atoms with Crippen LogP contribution in [0.1, 0.15) is 31.7 Å². The van der Waals surface area contributed by atoms with Crippen molar-refractivity contribution in [3.8, 4) is 0 Å². The van der Waals surface area contributed by atoms with Crippen molar-refractivity contribution >= 4 is 11.7 Å². The second-order valence-corrected chi connectivity index (χ2v) is 8.37. The first-order valence-electron chi connectivity index (χ1n) is 9.74. The monoisotopic (exact) mass is 372 g/mol. The zero-order chi connectivity index (χ0) is 19.0. The van der Waals surface area contributed by atoms with Crippen molar-refractivity contribution in [2.75, 3.05) is 25.5 Å². The number of ether oxygens (including phenoxy) is 1. The second-order valence-electron chi connectivity index (χ2n) is 8.37. The number of fused-ring (bicyclic) bond motifs is 1. The van der Waals surface area contributed by atoms with E-state index in [1.54, 1.807) is 0 Å². The number of rotatable bonds is 2. The molecule has 0 unspecified atom stereocenters. The van der Waals surface area contributed by atoms with Crippen LogP contribution in [0.15, 0.2) is 35.5 Å². The molecule has 5 nitrogen and oxygen atoms in total. The van der Waals surface area contributed by atoms with Gasteiger partial charge in [0.2, 0.25) is 0 Å². The first kappa shape index (κ1) is 17.2. The number of alkyl halides is 1. The Kier molecular flexibility index (Phi) is 3.53. The Balaban J connectivity index is 1.82. The number of nitrogens with zero attached hydrogens (tertiary/aromatic N) is 1. The molecule has 4 aliphatic rings. The number of hydrogen-bond donors (Lipinski definition) is 2. The number of methoxy groups -OCH3 is 1. The van der Waals surface area contributed by atoms with Crippen molar-refractivity contribution in [3.05, 3.63) is 41.1 Å². The van der Waals surface area contributed by atoms with Crippen LogP contribution in [0.5, 0.6) is 0 Å². The van der Waals surface area contributed by atoms with Crippen LogP contribution >= 0.6 is 0 Å². The summed E-state index contributed by atoms with van der Waals surface area (Å²) in [5.74, 6) is -0.401. The highest BCUT2D eigenvalue weighted by Gasteiger charge is 2.70. The Labute approximate surface area is 158 Å². The number of nitrogens with one attached hydrogen (secondary N) is 1. The van der Waals surface area contributed by atoms with E-state index in [9.17, 15) is 9.90 Å². The molecule has 0 amide bonds. The second kappa shape index (κ2) is 5.55. The Morgan fingerprint density at radius 3 is 2.96 bits per heavy atom. The molecular weight excluding hydrogens is 347 g/mol. The summed E-state index contributed by atoms with van der Waals surface area (Å²) in [6.45, 7) is 3.10. The fraction of sp³-hybridized carbons (Fsp3) is 0.571. The van der Waals surface area contributed by atoms with Gasteiger partial charge in [-0.05, 0) is 37.4 Å². The van der Waals surface area contributed by atoms with Crippen LogP contribution < -0.4 is 5.32 Å². The molecule has 144 valence electrons. The standard InChI is InChI=1S/C21H25FN2O3/c1-3-20-10-12(18(26)27-2)17-21(13-6-4-5-7-14(13)23-17)8-9-24(19(20)21)11-15(25)16(20)22/h4-7,15-16,19,23,25H,3,8-11H2,1-2H3/t15-,16+,19+,20-,21+/m1/s1. The number of carbonyl (C=O) groups excluding carboxylic acids is 1. The number of benzene rings is 1. The van der Waals surface area contributed by atoms with Gasteiger partial charge in [0, 0.05) is 29.4 Å². The summed E-state index contributed by atoms with van der Waals surface area (Å²) in [6.07, 6.45) is -0.745. The van der Waals surface area contributed by atoms with Crippen LogP contribution in [-0.2, 0) is 14.9 Å². The van der Waals surface area contributed by atoms with E-state index in [1.165, 1.54) is 7.11 Å². The van der Waals surface area contributed by atoms with E-state index in [4.69, 9.17) is 4.74 Å². The third-order valence-electron chi connectivity index (χ3n) is 7.49. The van der Waals surface area contributed by atoms with Gasteiger partial charge in [0.05, 0.1) is 24.2 Å². The lowest BCUT2D eigenvalue weighted by Crippen LogP contribution is -2.67. The molecule has 27 heavy (non-hydrogen) atoms. The Bertz CT molecular complexity index is 856. The van der Waals surface area contributed by atoms with Crippen molar-refractivity contribution in [2.45, 2.75) is 49.9 Å². The predicted octanol–water partition coefficient (Wildman–Crippen LogP) is 2.36. The molecule has 0 aromatic heterocycles. The molecule has 1 aromatic carbocycles. The van der Waals surface area contributed by atoms with Crippen molar-refractivity contribution in [2.24, 2.45) is 5.41 Å². The molecule has 0 bridgehead atoms. The minimum Gasteiger partial charge on any atom is -0.466 e. The predicted molar refractivity (Wildman–Crippen MR) is 99.0 cm³/mol. The van der Waals surface area contributed by atoms with Crippen molar-refractivity contribution in [1.82, 2.24) is 4.90 Å². The van der Waals surface area contributed by atoms with Gasteiger partial charge in [-0.25, -0.2) is 9.18 Å². The summed E-state index contributed by atoms with van der Waals surface area (Å²) < 4.78 is 20.7. The molecule has 3 heterocycles. The van der Waals surface area contributed by atoms with Gasteiger partial charge < -0.3 is 15.2 Å². The number of esters is 1. The van der Waals surface area contributed by atoms with E-state index in [0.717, 1.165) is 29.9 Å². The van der Waals surface area contributed by atoms with Gasteiger partial charge in [-0.15, -0.1) is 0 Å². The molecule has 1 spiro atoms. The molecule has 0 saturated carbocycles. The molecule has 6 heteroatoms. The van der Waals surface area contributed by atoms with Gasteiger partial charge in [-0.3, -0.25) is 4.90 Å². The summed E-state index contributed by atoms with van der Waals surface area (Å²) in [5.41, 5.74) is 2.29. The van der Waals surface area contributed by atoms with E-state index in [1.807, 2.05) is 25.1 Å². The number of carbonyl (C=O) groups is 1. The van der Waals surface area contributed by atoms with E-state index in [-0.39, 0.29) is 12.5 Å². The highest BCUT2D eigenvalue weighted by molar-refractivity contribution is 5.93. The summed E-state index contributed by atoms with van der Waals surface area (Å²) >= 11 is 0. The number of aliphatic hydroxyl groups excluding tert-OH is 1. The van der Waals surface area contributed by atoms with Gasteiger partial charge in [0.1, 0.15) is 6.17 Å². The molecule has 2 N–H and O–H groups in total. The summed E-state index contributed by atoms with van der Waals surface area (Å²) in [4.78, 5) is 15.0. The minimum atomic E-state index is -1.37. The molecule has 2 fully saturated rings. The van der Waals surface area contributed by atoms with Gasteiger partial charge in [-0.1, -0.05) is 25.1 Å². The van der Waals surface area contributed by atoms with Crippen LogP contribution in [0.3, 0.4) is 0 Å². The first-order chi connectivity index (χ1) is 13.0. The largest absolute Gasteiger partial charge is 0.466 e. The Hall–Kier alpha value is -1.92. The third-order valence-corrected chi connectivity index (χ3v) is 7.49. The summed E-state index contributed by atoms with van der Waals surface area (Å²) in [6, 6.07) is 8.02. The Morgan fingerprint density at radius 1 is 1.44 bits per heavy atom. The van der Waals surface area contributed by atoms with Gasteiger partial charge >= 0.3 is 5.97 Å². The SMILES string of the molecule is CC[C@@]12CC(C(=O)OC)=C3Nc4ccccc4[C@@]34CCN(C[C@@H](O)[C@@H]1F)[C@@H]24. The molecule has 0 radical (unpaired) electrons. The summed E-state index contributed by atoms with van der Waals surface area (Å²) in [7, 11) is 1.37. The number of halogens is 1. The highest BCUT2D eigenvalue weighted by atomic mass is 19.1. The van der Waals surface area contributed by atoms with Gasteiger partial charge in [-0.2, -0.15) is 0 Å². The average Bonchev–Trinajstić information content (AvgIpc) is 3.24. The highest BCUT2D eigenvalue weighted by Crippen LogP contribution is 2.65. The van der Waals surface area contributed by atoms with Crippen LogP contribution in [0, 0.1) is 5.41 Å². The lowest BCUT2D eigenvalue weighted by molar-refractivity contribution is -0.142. The average molecular weight is 372 g/mol. The minimum absolute atomic E-state index is 0.0760. The van der Waals surface area contributed by atoms with E-state index >= 15 is 4.39 Å². The van der Waals surface area contributed by atoms with Crippen molar-refractivity contribution < 1.29 is 19.0 Å². The number of aliphatic hydroxyl groups is 1. The maximum atomic E-state index is 15.6. The number of piperidine rings is 1. The lowest BCUT2D eigenvalue weighted by atomic mass is 9.52. The molecule has 1 aliphatic carbocycles. The van der Waals surface area contributed by atoms with Crippen LogP contribution in [0.2, 0.25) is 0 Å². The summed E-state index contributed by atoms with van der Waals surface area (Å²) in [5, 5.41) is 14.0. The van der Waals surface area contributed by atoms with E-state index in [2.05, 4.69) is 16.3 Å². The zero-order valence-corrected chi connectivity index (χ0v) is 15.7. The van der Waals surface area contributed by atoms with Gasteiger partial charge in [0.25, 0.3) is 0 Å². The molecule has 3 aliphatic heterocycles.